The Kier molecular flexibility index (Phi) is 6.49. The average molecular weight is 394 g/mol. The van der Waals surface area contributed by atoms with Crippen molar-refractivity contribution >= 4 is 22.8 Å². The Morgan fingerprint density at radius 1 is 0.931 bits per heavy atom. The Hall–Kier alpha value is -2.92. The number of Topliss-reactive ketones (excluding diaryl/α,β-unsaturated/α-hetero) is 1. The Morgan fingerprint density at radius 2 is 1.55 bits per heavy atom. The minimum Gasteiger partial charge on any atom is -0.506 e. The van der Waals surface area contributed by atoms with E-state index in [4.69, 9.17) is 5.11 Å². The number of likely N-dealkylation sites (N-methyl/N-ethyl adjacent to an activating group) is 1. The van der Waals surface area contributed by atoms with Crippen molar-refractivity contribution in [3.8, 4) is 0 Å². The molecule has 0 radical (unpaired) electrons. The maximum Gasteiger partial charge on any atom is 0.201 e. The molecule has 2 N–H and O–H groups in total. The lowest BCUT2D eigenvalue weighted by Crippen LogP contribution is -2.25. The zero-order valence-electron chi connectivity index (χ0n) is 17.4. The van der Waals surface area contributed by atoms with Gasteiger partial charge >= 0.3 is 0 Å². The van der Waals surface area contributed by atoms with Gasteiger partial charge in [-0.15, -0.1) is 0 Å². The van der Waals surface area contributed by atoms with E-state index >= 15 is 0 Å². The van der Waals surface area contributed by atoms with Gasteiger partial charge in [-0.2, -0.15) is 0 Å². The van der Waals surface area contributed by atoms with Crippen molar-refractivity contribution in [2.24, 2.45) is 0 Å². The van der Waals surface area contributed by atoms with Gasteiger partial charge in [0.05, 0.1) is 11.1 Å². The van der Waals surface area contributed by atoms with Gasteiger partial charge in [-0.25, -0.2) is 4.58 Å². The molecule has 0 amide bonds. The fraction of sp³-hybridized carbons (Fsp3) is 0.333. The van der Waals surface area contributed by atoms with Crippen LogP contribution in [0.15, 0.2) is 65.5 Å². The Bertz CT molecular complexity index is 925. The molecule has 1 aromatic rings. The van der Waals surface area contributed by atoms with Crippen LogP contribution in [0, 0.1) is 0 Å². The predicted octanol–water partition coefficient (Wildman–Crippen LogP) is 3.27. The average Bonchev–Trinajstić information content (AvgIpc) is 2.75. The number of hydrogen-bond donors (Lipinski definition) is 2. The molecule has 152 valence electrons. The molecule has 0 bridgehead atoms. The fourth-order valence-electron chi connectivity index (χ4n) is 3.80. The lowest BCUT2D eigenvalue weighted by atomic mass is 9.80. The number of rotatable bonds is 7. The summed E-state index contributed by atoms with van der Waals surface area (Å²) in [7, 11) is 0. The van der Waals surface area contributed by atoms with Crippen LogP contribution >= 0.6 is 0 Å². The van der Waals surface area contributed by atoms with E-state index in [1.165, 1.54) is 0 Å². The van der Waals surface area contributed by atoms with Crippen LogP contribution < -0.4 is 4.90 Å². The molecule has 2 aliphatic rings. The van der Waals surface area contributed by atoms with Crippen LogP contribution in [-0.4, -0.2) is 59.1 Å². The number of allylic oxidation sites excluding steroid dienone is 7. The van der Waals surface area contributed by atoms with E-state index in [0.717, 1.165) is 36.6 Å². The van der Waals surface area contributed by atoms with E-state index in [1.807, 2.05) is 55.5 Å². The second-order valence-electron chi connectivity index (χ2n) is 7.00. The molecule has 0 unspecified atom stereocenters. The minimum atomic E-state index is -0.131. The summed E-state index contributed by atoms with van der Waals surface area (Å²) in [4.78, 5) is 15.0. The van der Waals surface area contributed by atoms with E-state index in [2.05, 4.69) is 23.3 Å². The molecule has 0 aliphatic heterocycles. The second kappa shape index (κ2) is 9.05. The number of carbonyl (C=O) groups excluding carboxylic acids is 1. The van der Waals surface area contributed by atoms with Crippen molar-refractivity contribution in [1.82, 2.24) is 0 Å². The molecular weight excluding hydrogens is 364 g/mol. The Labute approximate surface area is 172 Å². The van der Waals surface area contributed by atoms with E-state index in [-0.39, 0.29) is 18.1 Å². The van der Waals surface area contributed by atoms with Crippen molar-refractivity contribution in [2.75, 3.05) is 37.7 Å². The summed E-state index contributed by atoms with van der Waals surface area (Å²) in [6.45, 7) is 9.52. The summed E-state index contributed by atoms with van der Waals surface area (Å²) in [6.07, 6.45) is 7.52. The van der Waals surface area contributed by atoms with Crippen molar-refractivity contribution in [3.05, 3.63) is 71.0 Å². The predicted molar refractivity (Wildman–Crippen MR) is 118 cm³/mol. The third kappa shape index (κ3) is 3.96. The zero-order chi connectivity index (χ0) is 21.0. The van der Waals surface area contributed by atoms with Crippen molar-refractivity contribution in [2.45, 2.75) is 20.8 Å². The Morgan fingerprint density at radius 3 is 2.03 bits per heavy atom. The van der Waals surface area contributed by atoms with Gasteiger partial charge in [0.25, 0.3) is 0 Å². The maximum absolute atomic E-state index is 12.8. The molecule has 5 heteroatoms. The van der Waals surface area contributed by atoms with Crippen LogP contribution in [0.2, 0.25) is 0 Å². The molecule has 1 aromatic carbocycles. The number of carbonyl (C=O) groups is 1. The third-order valence-corrected chi connectivity index (χ3v) is 5.49. The molecule has 2 aliphatic carbocycles. The zero-order valence-corrected chi connectivity index (χ0v) is 17.4. The molecule has 5 nitrogen and oxygen atoms in total. The molecule has 0 heterocycles. The van der Waals surface area contributed by atoms with Crippen molar-refractivity contribution < 1.29 is 19.6 Å². The standard InChI is InChI=1S/C24H28N2O3/c1-4-25(5-2)19-11-7-17(8-12-19)21-23(28)22(24(21)29)18-9-13-20(14-10-18)26(6-3)15-16-27/h7-14,27H,4-6,15-16H2,1-3H3/p+1. The highest BCUT2D eigenvalue weighted by molar-refractivity contribution is 6.39. The summed E-state index contributed by atoms with van der Waals surface area (Å²) in [5.41, 5.74) is 4.28. The van der Waals surface area contributed by atoms with E-state index in [0.29, 0.717) is 23.3 Å². The van der Waals surface area contributed by atoms with Gasteiger partial charge in [-0.3, -0.25) is 4.79 Å². The van der Waals surface area contributed by atoms with E-state index in [1.54, 1.807) is 0 Å². The Balaban J connectivity index is 1.87. The molecule has 0 saturated heterocycles. The monoisotopic (exact) mass is 393 g/mol. The number of anilines is 1. The van der Waals surface area contributed by atoms with Crippen LogP contribution in [0.3, 0.4) is 0 Å². The number of aliphatic hydroxyl groups excluding tert-OH is 2. The number of ketones is 1. The molecule has 0 atom stereocenters. The van der Waals surface area contributed by atoms with Gasteiger partial charge in [0.2, 0.25) is 5.78 Å². The quantitative estimate of drug-likeness (QED) is 0.551. The SMILES string of the molecule is CCN(CC)c1ccc(C2=C(O)C(=C3C=CC(=[N+](CC)CCO)C=C3)C2=O)cc1. The first-order valence-electron chi connectivity index (χ1n) is 10.2. The van der Waals surface area contributed by atoms with Gasteiger partial charge in [-0.05, 0) is 56.2 Å². The molecule has 0 spiro atoms. The van der Waals surface area contributed by atoms with E-state index in [9.17, 15) is 9.90 Å². The molecule has 0 fully saturated rings. The number of hydrogen-bond acceptors (Lipinski definition) is 4. The van der Waals surface area contributed by atoms with Crippen molar-refractivity contribution in [1.29, 1.82) is 0 Å². The molecule has 3 rings (SSSR count). The molecule has 0 saturated carbocycles. The first-order valence-corrected chi connectivity index (χ1v) is 10.2. The third-order valence-electron chi connectivity index (χ3n) is 5.49. The van der Waals surface area contributed by atoms with Gasteiger partial charge < -0.3 is 15.1 Å². The topological polar surface area (TPSA) is 63.8 Å². The van der Waals surface area contributed by atoms with Crippen LogP contribution in [0.5, 0.6) is 0 Å². The second-order valence-corrected chi connectivity index (χ2v) is 7.00. The van der Waals surface area contributed by atoms with Gasteiger partial charge in [0.1, 0.15) is 18.9 Å². The van der Waals surface area contributed by atoms with Gasteiger partial charge in [0, 0.05) is 30.9 Å². The summed E-state index contributed by atoms with van der Waals surface area (Å²) in [5.74, 6) is -0.0745. The maximum atomic E-state index is 12.8. The smallest absolute Gasteiger partial charge is 0.201 e. The first-order chi connectivity index (χ1) is 14.0. The highest BCUT2D eigenvalue weighted by Crippen LogP contribution is 2.39. The first kappa shape index (κ1) is 20.8. The number of benzene rings is 1. The number of aliphatic hydroxyl groups is 2. The summed E-state index contributed by atoms with van der Waals surface area (Å²) in [6, 6.07) is 7.77. The lowest BCUT2D eigenvalue weighted by molar-refractivity contribution is -0.525. The van der Waals surface area contributed by atoms with Crippen molar-refractivity contribution in [3.63, 3.8) is 0 Å². The van der Waals surface area contributed by atoms with E-state index < -0.39 is 0 Å². The highest BCUT2D eigenvalue weighted by Gasteiger charge is 2.36. The van der Waals surface area contributed by atoms with Crippen LogP contribution in [0.1, 0.15) is 26.3 Å². The normalized spacial score (nSPS) is 15.9. The molecular formula is C24H29N2O3+. The lowest BCUT2D eigenvalue weighted by Gasteiger charge is -2.25. The largest absolute Gasteiger partial charge is 0.506 e. The van der Waals surface area contributed by atoms with Crippen LogP contribution in [0.25, 0.3) is 5.57 Å². The van der Waals surface area contributed by atoms with Crippen LogP contribution in [-0.2, 0) is 4.79 Å². The number of nitrogens with zero attached hydrogens (tertiary/aromatic N) is 2. The van der Waals surface area contributed by atoms with Gasteiger partial charge in [-0.1, -0.05) is 12.1 Å². The van der Waals surface area contributed by atoms with Gasteiger partial charge in [0.15, 0.2) is 12.3 Å². The minimum absolute atomic E-state index is 0.0565. The summed E-state index contributed by atoms with van der Waals surface area (Å²) >= 11 is 0. The van der Waals surface area contributed by atoms with Crippen LogP contribution in [0.4, 0.5) is 5.69 Å². The molecule has 29 heavy (non-hydrogen) atoms. The fourth-order valence-corrected chi connectivity index (χ4v) is 3.80. The summed E-state index contributed by atoms with van der Waals surface area (Å²) < 4.78 is 2.05. The summed E-state index contributed by atoms with van der Waals surface area (Å²) in [5, 5.41) is 19.8. The molecule has 0 aromatic heterocycles. The highest BCUT2D eigenvalue weighted by atomic mass is 16.3.